The lowest BCUT2D eigenvalue weighted by Gasteiger charge is -2.11. The van der Waals surface area contributed by atoms with Crippen molar-refractivity contribution in [3.05, 3.63) is 51.5 Å². The molecule has 0 saturated heterocycles. The van der Waals surface area contributed by atoms with Gasteiger partial charge in [0.15, 0.2) is 11.7 Å². The van der Waals surface area contributed by atoms with E-state index in [-0.39, 0.29) is 6.54 Å². The second-order valence-electron chi connectivity index (χ2n) is 5.49. The van der Waals surface area contributed by atoms with Crippen molar-refractivity contribution in [2.45, 2.75) is 33.0 Å². The summed E-state index contributed by atoms with van der Waals surface area (Å²) in [5, 5.41) is 7.62. The summed E-state index contributed by atoms with van der Waals surface area (Å²) in [6.07, 6.45) is -3.57. The number of guanidine groups is 1. The van der Waals surface area contributed by atoms with E-state index in [1.807, 2.05) is 26.0 Å². The molecule has 2 N–H and O–H groups in total. The Hall–Kier alpha value is -2.09. The molecule has 0 radical (unpaired) electrons. The van der Waals surface area contributed by atoms with Crippen molar-refractivity contribution in [3.63, 3.8) is 0 Å². The van der Waals surface area contributed by atoms with E-state index in [9.17, 15) is 13.2 Å². The van der Waals surface area contributed by atoms with Crippen LogP contribution in [0.4, 0.5) is 13.2 Å². The predicted octanol–water partition coefficient (Wildman–Crippen LogP) is 3.77. The highest BCUT2D eigenvalue weighted by atomic mass is 32.1. The van der Waals surface area contributed by atoms with Gasteiger partial charge in [-0.15, -0.1) is 11.3 Å². The van der Waals surface area contributed by atoms with Crippen LogP contribution in [0.1, 0.15) is 28.8 Å². The third-order valence-electron chi connectivity index (χ3n) is 3.35. The minimum absolute atomic E-state index is 0.112. The molecule has 0 saturated carbocycles. The van der Waals surface area contributed by atoms with E-state index >= 15 is 0 Å². The van der Waals surface area contributed by atoms with Gasteiger partial charge in [0.1, 0.15) is 5.01 Å². The van der Waals surface area contributed by atoms with Crippen LogP contribution in [0.3, 0.4) is 0 Å². The van der Waals surface area contributed by atoms with Gasteiger partial charge in [0.05, 0.1) is 6.54 Å². The lowest BCUT2D eigenvalue weighted by atomic mass is 10.1. The first kappa shape index (κ1) is 19.2. The van der Waals surface area contributed by atoms with Crippen molar-refractivity contribution in [2.24, 2.45) is 4.99 Å². The molecule has 0 aliphatic heterocycles. The summed E-state index contributed by atoms with van der Waals surface area (Å²) in [7, 11) is 0. The third kappa shape index (κ3) is 6.38. The second-order valence-corrected chi connectivity index (χ2v) is 6.43. The Morgan fingerprint density at radius 3 is 2.72 bits per heavy atom. The summed E-state index contributed by atoms with van der Waals surface area (Å²) in [6.45, 7) is 5.44. The van der Waals surface area contributed by atoms with Gasteiger partial charge >= 0.3 is 6.18 Å². The molecule has 25 heavy (non-hydrogen) atoms. The average Bonchev–Trinajstić information content (AvgIpc) is 3.02. The molecule has 1 aromatic heterocycles. The summed E-state index contributed by atoms with van der Waals surface area (Å²) in [5.41, 5.74) is 1.57. The highest BCUT2D eigenvalue weighted by molar-refractivity contribution is 7.09. The SMILES string of the molecule is CCNC(=NCc1nc(C(F)(F)F)cs1)NCCc1cccc(C)c1. The standard InChI is InChI=1S/C17H21F3N4S/c1-3-21-16(22-8-7-13-6-4-5-12(2)9-13)23-10-15-24-14(11-25-15)17(18,19)20/h4-6,9,11H,3,7-8,10H2,1-2H3,(H2,21,22,23). The normalized spacial score (nSPS) is 12.3. The molecule has 0 atom stereocenters. The number of hydrogen-bond acceptors (Lipinski definition) is 3. The van der Waals surface area contributed by atoms with Crippen LogP contribution in [-0.2, 0) is 19.1 Å². The zero-order valence-electron chi connectivity index (χ0n) is 14.2. The average molecular weight is 370 g/mol. The van der Waals surface area contributed by atoms with Crippen molar-refractivity contribution in [3.8, 4) is 0 Å². The maximum absolute atomic E-state index is 12.6. The third-order valence-corrected chi connectivity index (χ3v) is 4.18. The summed E-state index contributed by atoms with van der Waals surface area (Å²) >= 11 is 0.965. The molecule has 136 valence electrons. The van der Waals surface area contributed by atoms with E-state index in [1.165, 1.54) is 11.1 Å². The predicted molar refractivity (Wildman–Crippen MR) is 94.8 cm³/mol. The van der Waals surface area contributed by atoms with Crippen molar-refractivity contribution in [1.29, 1.82) is 0 Å². The molecular weight excluding hydrogens is 349 g/mol. The maximum Gasteiger partial charge on any atom is 0.434 e. The van der Waals surface area contributed by atoms with Crippen LogP contribution >= 0.6 is 11.3 Å². The molecule has 0 spiro atoms. The minimum atomic E-state index is -4.41. The minimum Gasteiger partial charge on any atom is -0.357 e. The number of thiazole rings is 1. The highest BCUT2D eigenvalue weighted by Gasteiger charge is 2.33. The number of nitrogens with zero attached hydrogens (tertiary/aromatic N) is 2. The molecule has 2 rings (SSSR count). The Kier molecular flexibility index (Phi) is 6.81. The van der Waals surface area contributed by atoms with Gasteiger partial charge in [0, 0.05) is 18.5 Å². The molecule has 0 fully saturated rings. The fraction of sp³-hybridized carbons (Fsp3) is 0.412. The molecular formula is C17H21F3N4S. The van der Waals surface area contributed by atoms with Gasteiger partial charge in [-0.3, -0.25) is 0 Å². The number of alkyl halides is 3. The summed E-state index contributed by atoms with van der Waals surface area (Å²) in [6, 6.07) is 8.25. The van der Waals surface area contributed by atoms with Crippen molar-refractivity contribution < 1.29 is 13.2 Å². The topological polar surface area (TPSA) is 49.3 Å². The molecule has 0 amide bonds. The van der Waals surface area contributed by atoms with E-state index < -0.39 is 11.9 Å². The van der Waals surface area contributed by atoms with Crippen LogP contribution in [0.15, 0.2) is 34.6 Å². The van der Waals surface area contributed by atoms with E-state index in [0.29, 0.717) is 24.1 Å². The van der Waals surface area contributed by atoms with Crippen LogP contribution in [0.5, 0.6) is 0 Å². The van der Waals surface area contributed by atoms with Crippen molar-refractivity contribution in [1.82, 2.24) is 15.6 Å². The maximum atomic E-state index is 12.6. The summed E-state index contributed by atoms with van der Waals surface area (Å²) in [4.78, 5) is 7.88. The fourth-order valence-corrected chi connectivity index (χ4v) is 2.92. The van der Waals surface area contributed by atoms with Gasteiger partial charge in [-0.05, 0) is 25.8 Å². The molecule has 4 nitrogen and oxygen atoms in total. The smallest absolute Gasteiger partial charge is 0.357 e. The number of halogens is 3. The molecule has 1 heterocycles. The zero-order valence-corrected chi connectivity index (χ0v) is 15.0. The Bertz CT molecular complexity index is 710. The van der Waals surface area contributed by atoms with Crippen LogP contribution in [0.2, 0.25) is 0 Å². The van der Waals surface area contributed by atoms with E-state index in [1.54, 1.807) is 0 Å². The lowest BCUT2D eigenvalue weighted by molar-refractivity contribution is -0.140. The molecule has 1 aromatic carbocycles. The van der Waals surface area contributed by atoms with Crippen LogP contribution in [0, 0.1) is 6.92 Å². The van der Waals surface area contributed by atoms with Crippen LogP contribution in [0.25, 0.3) is 0 Å². The van der Waals surface area contributed by atoms with Gasteiger partial charge in [0.25, 0.3) is 0 Å². The molecule has 0 aliphatic rings. The van der Waals surface area contributed by atoms with Crippen LogP contribution in [-0.4, -0.2) is 24.0 Å². The van der Waals surface area contributed by atoms with Gasteiger partial charge in [-0.2, -0.15) is 13.2 Å². The first-order valence-corrected chi connectivity index (χ1v) is 8.85. The summed E-state index contributed by atoms with van der Waals surface area (Å²) < 4.78 is 37.7. The molecule has 0 aliphatic carbocycles. The van der Waals surface area contributed by atoms with E-state index in [0.717, 1.165) is 23.1 Å². The van der Waals surface area contributed by atoms with Crippen molar-refractivity contribution in [2.75, 3.05) is 13.1 Å². The molecule has 2 aromatic rings. The van der Waals surface area contributed by atoms with Gasteiger partial charge in [-0.1, -0.05) is 29.8 Å². The van der Waals surface area contributed by atoms with Gasteiger partial charge < -0.3 is 10.6 Å². The van der Waals surface area contributed by atoms with Crippen molar-refractivity contribution >= 4 is 17.3 Å². The number of rotatable bonds is 6. The number of aromatic nitrogens is 1. The second kappa shape index (κ2) is 8.84. The Labute approximate surface area is 149 Å². The first-order valence-electron chi connectivity index (χ1n) is 7.98. The number of nitrogens with one attached hydrogen (secondary N) is 2. The Morgan fingerprint density at radius 2 is 2.08 bits per heavy atom. The largest absolute Gasteiger partial charge is 0.434 e. The highest BCUT2D eigenvalue weighted by Crippen LogP contribution is 2.30. The van der Waals surface area contributed by atoms with Gasteiger partial charge in [0.2, 0.25) is 0 Å². The van der Waals surface area contributed by atoms with E-state index in [4.69, 9.17) is 0 Å². The molecule has 0 unspecified atom stereocenters. The quantitative estimate of drug-likeness (QED) is 0.601. The Balaban J connectivity index is 1.90. The molecule has 8 heteroatoms. The van der Waals surface area contributed by atoms with E-state index in [2.05, 4.69) is 32.7 Å². The first-order chi connectivity index (χ1) is 11.9. The Morgan fingerprint density at radius 1 is 1.28 bits per heavy atom. The number of benzene rings is 1. The summed E-state index contributed by atoms with van der Waals surface area (Å²) in [5.74, 6) is 0.568. The number of aliphatic imine (C=N–C) groups is 1. The number of hydrogen-bond donors (Lipinski definition) is 2. The lowest BCUT2D eigenvalue weighted by Crippen LogP contribution is -2.38. The fourth-order valence-electron chi connectivity index (χ4n) is 2.20. The number of aryl methyl sites for hydroxylation is 1. The molecule has 0 bridgehead atoms. The van der Waals surface area contributed by atoms with Gasteiger partial charge in [-0.25, -0.2) is 9.98 Å². The zero-order chi connectivity index (χ0) is 18.3. The van der Waals surface area contributed by atoms with Crippen LogP contribution < -0.4 is 10.6 Å². The monoisotopic (exact) mass is 370 g/mol.